The quantitative estimate of drug-likeness (QED) is 0.329. The van der Waals surface area contributed by atoms with E-state index in [9.17, 15) is 0 Å². The average molecular weight is 473 g/mol. The first-order valence-electron chi connectivity index (χ1n) is 5.66. The van der Waals surface area contributed by atoms with Gasteiger partial charge in [0.1, 0.15) is 25.3 Å². The summed E-state index contributed by atoms with van der Waals surface area (Å²) >= 11 is 4.72. The van der Waals surface area contributed by atoms with Crippen molar-refractivity contribution in [1.82, 2.24) is 29.5 Å². The molecule has 0 atom stereocenters. The number of aromatic nitrogens is 6. The standard InChI is InChI=1S/C12H11N6.HI.Pd/c1-2-11(5-17-9-13-7-15-17)4-12(3-1)6-18-10-14-8-16-18;;/h2-4,7-10H,5-6H2;1H;/q-1;;+2/p-1. The molecule has 0 saturated carbocycles. The summed E-state index contributed by atoms with van der Waals surface area (Å²) in [7, 11) is 0. The van der Waals surface area contributed by atoms with Gasteiger partial charge in [0.05, 0.1) is 0 Å². The van der Waals surface area contributed by atoms with Gasteiger partial charge in [0.2, 0.25) is 0 Å². The number of benzene rings is 1. The Morgan fingerprint density at radius 1 is 0.950 bits per heavy atom. The molecule has 1 aromatic carbocycles. The van der Waals surface area contributed by atoms with Crippen LogP contribution in [-0.2, 0) is 28.7 Å². The molecule has 6 nitrogen and oxygen atoms in total. The van der Waals surface area contributed by atoms with E-state index in [2.05, 4.69) is 47.9 Å². The van der Waals surface area contributed by atoms with Gasteiger partial charge in [-0.05, 0) is 0 Å². The van der Waals surface area contributed by atoms with Crippen LogP contribution in [0, 0.1) is 6.07 Å². The molecule has 106 valence electrons. The van der Waals surface area contributed by atoms with Crippen LogP contribution in [0.1, 0.15) is 11.1 Å². The van der Waals surface area contributed by atoms with Gasteiger partial charge in [-0.3, -0.25) is 9.36 Å². The number of halogens is 1. The predicted octanol–water partition coefficient (Wildman–Crippen LogP) is 1.65. The maximum Gasteiger partial charge on any atom is 0.137 e. The summed E-state index contributed by atoms with van der Waals surface area (Å²) in [6.45, 7) is 1.39. The number of nitrogens with zero attached hydrogens (tertiary/aromatic N) is 6. The summed E-state index contributed by atoms with van der Waals surface area (Å²) in [5, 5.41) is 8.16. The molecule has 0 spiro atoms. The molecule has 0 aliphatic carbocycles. The molecule has 0 fully saturated rings. The van der Waals surface area contributed by atoms with Gasteiger partial charge in [0.25, 0.3) is 0 Å². The molecule has 0 aliphatic heterocycles. The van der Waals surface area contributed by atoms with E-state index in [0.29, 0.717) is 13.1 Å². The maximum absolute atomic E-state index is 4.08. The molecule has 3 aromatic rings. The zero-order valence-electron chi connectivity index (χ0n) is 10.3. The van der Waals surface area contributed by atoms with Crippen molar-refractivity contribution in [2.24, 2.45) is 0 Å². The van der Waals surface area contributed by atoms with Gasteiger partial charge in [-0.2, -0.15) is 34.5 Å². The van der Waals surface area contributed by atoms with E-state index in [-0.39, 0.29) is 0 Å². The van der Waals surface area contributed by atoms with Gasteiger partial charge in [0, 0.05) is 13.1 Å². The second-order valence-corrected chi connectivity index (χ2v) is 3.94. The Morgan fingerprint density at radius 3 is 1.85 bits per heavy atom. The predicted molar refractivity (Wildman–Crippen MR) is 77.5 cm³/mol. The van der Waals surface area contributed by atoms with Crippen LogP contribution < -0.4 is 0 Å². The third-order valence-corrected chi connectivity index (χ3v) is 2.53. The Labute approximate surface area is 138 Å². The van der Waals surface area contributed by atoms with Crippen LogP contribution in [0.25, 0.3) is 0 Å². The van der Waals surface area contributed by atoms with Crippen LogP contribution in [-0.4, -0.2) is 29.5 Å². The minimum Gasteiger partial charge on any atom is -0.260 e. The summed E-state index contributed by atoms with van der Waals surface area (Å²) in [6.07, 6.45) is 6.46. The third kappa shape index (κ3) is 4.47. The molecule has 20 heavy (non-hydrogen) atoms. The summed E-state index contributed by atoms with van der Waals surface area (Å²) in [6, 6.07) is 9.14. The Kier molecular flexibility index (Phi) is 6.30. The second-order valence-electron chi connectivity index (χ2n) is 3.94. The zero-order valence-corrected chi connectivity index (χ0v) is 14.0. The zero-order chi connectivity index (χ0) is 14.2. The topological polar surface area (TPSA) is 61.4 Å². The first-order valence-corrected chi connectivity index (χ1v) is 10.3. The molecule has 0 aliphatic rings. The normalized spacial score (nSPS) is 9.95. The second kappa shape index (κ2) is 8.24. The van der Waals surface area contributed by atoms with Crippen LogP contribution in [0.4, 0.5) is 0 Å². The number of hydrogen-bond donors (Lipinski definition) is 0. The smallest absolute Gasteiger partial charge is 0.137 e. The van der Waals surface area contributed by atoms with Crippen molar-refractivity contribution in [1.29, 1.82) is 0 Å². The fraction of sp³-hybridized carbons (Fsp3) is 0.167. The maximum atomic E-state index is 4.08. The van der Waals surface area contributed by atoms with Crippen molar-refractivity contribution in [2.75, 3.05) is 0 Å². The minimum absolute atomic E-state index is 0.696. The molecule has 2 aromatic heterocycles. The third-order valence-electron chi connectivity index (χ3n) is 2.53. The number of rotatable bonds is 4. The molecular formula is C12H11IN6Pd. The molecule has 8 heteroatoms. The van der Waals surface area contributed by atoms with E-state index in [1.54, 1.807) is 22.0 Å². The van der Waals surface area contributed by atoms with Crippen molar-refractivity contribution in [3.05, 3.63) is 60.7 Å². The van der Waals surface area contributed by atoms with Crippen LogP contribution in [0.2, 0.25) is 0 Å². The van der Waals surface area contributed by atoms with Crippen LogP contribution in [0.15, 0.2) is 43.5 Å². The van der Waals surface area contributed by atoms with Crippen molar-refractivity contribution in [2.45, 2.75) is 13.1 Å². The molecule has 0 unspecified atom stereocenters. The van der Waals surface area contributed by atoms with Crippen molar-refractivity contribution < 1.29 is 15.6 Å². The molecule has 0 saturated heterocycles. The van der Waals surface area contributed by atoms with E-state index in [0.717, 1.165) is 11.1 Å². The Bertz CT molecular complexity index is 559. The minimum atomic E-state index is 0.696. The van der Waals surface area contributed by atoms with E-state index < -0.39 is 0 Å². The Hall–Kier alpha value is -1.11. The van der Waals surface area contributed by atoms with Gasteiger partial charge in [-0.25, -0.2) is 9.97 Å². The molecular weight excluding hydrogens is 461 g/mol. The number of hydrogen-bond acceptors (Lipinski definition) is 4. The summed E-state index contributed by atoms with van der Waals surface area (Å²) in [4.78, 5) is 7.84. The SMILES string of the molecule is [Pd+][I].[c-]1cc(Cn2cncn2)cc(Cn2cncn2)c1. The van der Waals surface area contributed by atoms with Crippen molar-refractivity contribution >= 4 is 19.5 Å². The molecule has 0 bridgehead atoms. The average Bonchev–Trinajstić information content (AvgIpc) is 3.15. The first kappa shape index (κ1) is 15.3. The molecule has 2 heterocycles. The largest absolute Gasteiger partial charge is 0.260 e. The summed E-state index contributed by atoms with van der Waals surface area (Å²) < 4.78 is 3.56. The fourth-order valence-corrected chi connectivity index (χ4v) is 1.76. The molecule has 0 N–H and O–H groups in total. The summed E-state index contributed by atoms with van der Waals surface area (Å²) in [5.41, 5.74) is 2.27. The van der Waals surface area contributed by atoms with E-state index in [4.69, 9.17) is 0 Å². The molecule has 0 radical (unpaired) electrons. The van der Waals surface area contributed by atoms with Crippen molar-refractivity contribution in [3.8, 4) is 0 Å². The van der Waals surface area contributed by atoms with Crippen LogP contribution >= 0.6 is 19.5 Å². The summed E-state index contributed by atoms with van der Waals surface area (Å²) in [5.74, 6) is 0. The van der Waals surface area contributed by atoms with E-state index in [1.165, 1.54) is 12.7 Å². The Morgan fingerprint density at radius 2 is 1.45 bits per heavy atom. The van der Waals surface area contributed by atoms with Crippen molar-refractivity contribution in [3.63, 3.8) is 0 Å². The van der Waals surface area contributed by atoms with Gasteiger partial charge < -0.3 is 0 Å². The Balaban J connectivity index is 0.000000704. The molecule has 0 amide bonds. The van der Waals surface area contributed by atoms with Gasteiger partial charge in [0.15, 0.2) is 0 Å². The van der Waals surface area contributed by atoms with E-state index >= 15 is 0 Å². The fourth-order valence-electron chi connectivity index (χ4n) is 1.76. The van der Waals surface area contributed by atoms with E-state index in [1.807, 2.05) is 31.6 Å². The van der Waals surface area contributed by atoms with Crippen LogP contribution in [0.5, 0.6) is 0 Å². The van der Waals surface area contributed by atoms with Gasteiger partial charge in [-0.1, -0.05) is 0 Å². The molecule has 3 rings (SSSR count). The van der Waals surface area contributed by atoms with Gasteiger partial charge >= 0.3 is 35.1 Å². The van der Waals surface area contributed by atoms with Gasteiger partial charge in [-0.15, -0.1) is 11.1 Å². The monoisotopic (exact) mass is 472 g/mol. The van der Waals surface area contributed by atoms with Crippen LogP contribution in [0.3, 0.4) is 0 Å². The first-order chi connectivity index (χ1) is 9.90.